The molecule has 2 heteroatoms. The van der Waals surface area contributed by atoms with Gasteiger partial charge in [-0.1, -0.05) is 32.0 Å². The van der Waals surface area contributed by atoms with E-state index in [0.29, 0.717) is 6.10 Å². The van der Waals surface area contributed by atoms with Crippen LogP contribution < -0.4 is 0 Å². The van der Waals surface area contributed by atoms with Crippen molar-refractivity contribution < 1.29 is 4.74 Å². The second-order valence-electron chi connectivity index (χ2n) is 5.77. The van der Waals surface area contributed by atoms with Crippen LogP contribution in [0.25, 0.3) is 0 Å². The van der Waals surface area contributed by atoms with Crippen molar-refractivity contribution in [3.63, 3.8) is 0 Å². The molecule has 1 heterocycles. The smallest absolute Gasteiger partial charge is 0.0586 e. The van der Waals surface area contributed by atoms with E-state index in [-0.39, 0.29) is 5.38 Å². The fourth-order valence-corrected chi connectivity index (χ4v) is 3.31. The molecule has 0 radical (unpaired) electrons. The van der Waals surface area contributed by atoms with E-state index in [0.717, 1.165) is 32.3 Å². The van der Waals surface area contributed by atoms with Gasteiger partial charge in [-0.05, 0) is 61.6 Å². The quantitative estimate of drug-likeness (QED) is 0.635. The van der Waals surface area contributed by atoms with E-state index in [1.165, 1.54) is 36.0 Å². The van der Waals surface area contributed by atoms with Crippen LogP contribution in [-0.2, 0) is 17.6 Å². The van der Waals surface area contributed by atoms with Gasteiger partial charge in [0.15, 0.2) is 0 Å². The number of ether oxygens (including phenoxy) is 1. The number of hydrogen-bond acceptors (Lipinski definition) is 1. The Balaban J connectivity index is 1.92. The highest BCUT2D eigenvalue weighted by molar-refractivity contribution is 6.20. The van der Waals surface area contributed by atoms with Crippen LogP contribution in [0.1, 0.15) is 68.0 Å². The molecule has 0 spiro atoms. The summed E-state index contributed by atoms with van der Waals surface area (Å²) in [6.07, 6.45) is 8.47. The summed E-state index contributed by atoms with van der Waals surface area (Å²) in [7, 11) is 0. The largest absolute Gasteiger partial charge is 0.378 e. The van der Waals surface area contributed by atoms with Gasteiger partial charge >= 0.3 is 0 Å². The van der Waals surface area contributed by atoms with Crippen LogP contribution in [-0.4, -0.2) is 12.7 Å². The number of halogens is 1. The molecule has 0 N–H and O–H groups in total. The van der Waals surface area contributed by atoms with Gasteiger partial charge in [0.1, 0.15) is 0 Å². The van der Waals surface area contributed by atoms with E-state index in [1.54, 1.807) is 0 Å². The number of benzene rings is 1. The average molecular weight is 295 g/mol. The Hall–Kier alpha value is -0.530. The molecule has 20 heavy (non-hydrogen) atoms. The van der Waals surface area contributed by atoms with Crippen molar-refractivity contribution in [2.75, 3.05) is 6.61 Å². The summed E-state index contributed by atoms with van der Waals surface area (Å²) < 4.78 is 5.79. The lowest BCUT2D eigenvalue weighted by Crippen LogP contribution is -2.19. The molecule has 2 rings (SSSR count). The molecule has 1 aliphatic heterocycles. The summed E-state index contributed by atoms with van der Waals surface area (Å²) >= 11 is 6.59. The van der Waals surface area contributed by atoms with Gasteiger partial charge in [-0.3, -0.25) is 0 Å². The van der Waals surface area contributed by atoms with Gasteiger partial charge < -0.3 is 4.74 Å². The minimum Gasteiger partial charge on any atom is -0.378 e. The molecule has 0 bridgehead atoms. The molecular formula is C18H27ClO. The molecule has 1 aromatic rings. The first-order chi connectivity index (χ1) is 9.74. The van der Waals surface area contributed by atoms with Gasteiger partial charge in [0.05, 0.1) is 11.5 Å². The van der Waals surface area contributed by atoms with E-state index < -0.39 is 0 Å². The van der Waals surface area contributed by atoms with Crippen molar-refractivity contribution in [2.24, 2.45) is 0 Å². The highest BCUT2D eigenvalue weighted by atomic mass is 35.5. The molecular weight excluding hydrogens is 268 g/mol. The number of aryl methyl sites for hydroxylation is 2. The van der Waals surface area contributed by atoms with Crippen molar-refractivity contribution in [3.8, 4) is 0 Å². The lowest BCUT2D eigenvalue weighted by molar-refractivity contribution is 0.0100. The number of hydrogen-bond donors (Lipinski definition) is 0. The maximum Gasteiger partial charge on any atom is 0.0586 e. The third kappa shape index (κ3) is 4.23. The summed E-state index contributed by atoms with van der Waals surface area (Å²) in [6.45, 7) is 5.37. The summed E-state index contributed by atoms with van der Waals surface area (Å²) in [5, 5.41) is 0.122. The van der Waals surface area contributed by atoms with E-state index in [9.17, 15) is 0 Å². The summed E-state index contributed by atoms with van der Waals surface area (Å²) in [5.41, 5.74) is 4.18. The molecule has 2 unspecified atom stereocenters. The fourth-order valence-electron chi connectivity index (χ4n) is 3.05. The first-order valence-electron chi connectivity index (χ1n) is 8.12. The normalized spacial score (nSPS) is 20.9. The predicted octanol–water partition coefficient (Wildman–Crippen LogP) is 5.44. The zero-order valence-electron chi connectivity index (χ0n) is 12.8. The molecule has 0 aliphatic carbocycles. The van der Waals surface area contributed by atoms with Gasteiger partial charge in [-0.15, -0.1) is 11.6 Å². The van der Waals surface area contributed by atoms with Gasteiger partial charge in [0.25, 0.3) is 0 Å². The molecule has 0 amide bonds. The van der Waals surface area contributed by atoms with Crippen LogP contribution in [0, 0.1) is 0 Å². The van der Waals surface area contributed by atoms with E-state index >= 15 is 0 Å². The molecule has 0 saturated carbocycles. The average Bonchev–Trinajstić information content (AvgIpc) is 2.52. The lowest BCUT2D eigenvalue weighted by atomic mass is 9.96. The van der Waals surface area contributed by atoms with E-state index in [4.69, 9.17) is 16.3 Å². The molecule has 0 aromatic heterocycles. The minimum absolute atomic E-state index is 0.122. The SMILES string of the molecule is CCc1ccc(C(Cl)CCC2CCCCO2)cc1CC. The summed E-state index contributed by atoms with van der Waals surface area (Å²) in [5.74, 6) is 0. The Morgan fingerprint density at radius 2 is 2.00 bits per heavy atom. The molecule has 2 atom stereocenters. The Kier molecular flexibility index (Phi) is 6.38. The third-order valence-corrected chi connectivity index (χ3v) is 4.84. The maximum absolute atomic E-state index is 6.59. The Morgan fingerprint density at radius 1 is 1.20 bits per heavy atom. The molecule has 1 aromatic carbocycles. The minimum atomic E-state index is 0.122. The summed E-state index contributed by atoms with van der Waals surface area (Å²) in [4.78, 5) is 0. The van der Waals surface area contributed by atoms with Crippen LogP contribution in [0.4, 0.5) is 0 Å². The topological polar surface area (TPSA) is 9.23 Å². The molecule has 112 valence electrons. The van der Waals surface area contributed by atoms with Crippen LogP contribution >= 0.6 is 11.6 Å². The van der Waals surface area contributed by atoms with Crippen LogP contribution in [0.15, 0.2) is 18.2 Å². The van der Waals surface area contributed by atoms with Crippen molar-refractivity contribution in [3.05, 3.63) is 34.9 Å². The predicted molar refractivity (Wildman–Crippen MR) is 86.6 cm³/mol. The second kappa shape index (κ2) is 8.05. The monoisotopic (exact) mass is 294 g/mol. The Labute approximate surface area is 128 Å². The first-order valence-corrected chi connectivity index (χ1v) is 8.55. The first kappa shape index (κ1) is 15.9. The van der Waals surface area contributed by atoms with Gasteiger partial charge in [0, 0.05) is 6.61 Å². The zero-order valence-corrected chi connectivity index (χ0v) is 13.6. The van der Waals surface area contributed by atoms with Gasteiger partial charge in [0.2, 0.25) is 0 Å². The zero-order chi connectivity index (χ0) is 14.4. The highest BCUT2D eigenvalue weighted by Crippen LogP contribution is 2.30. The van der Waals surface area contributed by atoms with E-state index in [2.05, 4.69) is 32.0 Å². The van der Waals surface area contributed by atoms with Crippen LogP contribution in [0.5, 0.6) is 0 Å². The Bertz CT molecular complexity index is 410. The van der Waals surface area contributed by atoms with Crippen LogP contribution in [0.3, 0.4) is 0 Å². The fraction of sp³-hybridized carbons (Fsp3) is 0.667. The van der Waals surface area contributed by atoms with Gasteiger partial charge in [-0.25, -0.2) is 0 Å². The van der Waals surface area contributed by atoms with Crippen molar-refractivity contribution >= 4 is 11.6 Å². The highest BCUT2D eigenvalue weighted by Gasteiger charge is 2.17. The number of rotatable bonds is 6. The lowest BCUT2D eigenvalue weighted by Gasteiger charge is -2.23. The summed E-state index contributed by atoms with van der Waals surface area (Å²) in [6, 6.07) is 6.76. The van der Waals surface area contributed by atoms with Gasteiger partial charge in [-0.2, -0.15) is 0 Å². The van der Waals surface area contributed by atoms with Crippen molar-refractivity contribution in [2.45, 2.75) is 70.3 Å². The maximum atomic E-state index is 6.59. The molecule has 1 saturated heterocycles. The standard InChI is InChI=1S/C18H27ClO/c1-3-14-8-9-16(13-15(14)4-2)18(19)11-10-17-7-5-6-12-20-17/h8-9,13,17-18H,3-7,10-12H2,1-2H3. The van der Waals surface area contributed by atoms with Crippen LogP contribution in [0.2, 0.25) is 0 Å². The second-order valence-corrected chi connectivity index (χ2v) is 6.30. The van der Waals surface area contributed by atoms with Crippen molar-refractivity contribution in [1.29, 1.82) is 0 Å². The molecule has 1 fully saturated rings. The Morgan fingerprint density at radius 3 is 2.65 bits per heavy atom. The third-order valence-electron chi connectivity index (χ3n) is 4.37. The molecule has 1 nitrogen and oxygen atoms in total. The number of alkyl halides is 1. The van der Waals surface area contributed by atoms with Crippen molar-refractivity contribution in [1.82, 2.24) is 0 Å². The molecule has 1 aliphatic rings. The van der Waals surface area contributed by atoms with E-state index in [1.807, 2.05) is 0 Å².